The van der Waals surface area contributed by atoms with Gasteiger partial charge in [-0.1, -0.05) is 24.3 Å². The van der Waals surface area contributed by atoms with E-state index in [0.717, 1.165) is 12.4 Å². The van der Waals surface area contributed by atoms with Crippen LogP contribution in [0, 0.1) is 10.1 Å². The standard InChI is InChI=1S/C19H20N2O7S/c22-12-5-1-4-11-20(13-15-7-6-9-17-19(15)28-14-27-17)29(25,26)18-10-3-2-8-16(18)21(23)24/h2-3,6-10,12H,1,4-5,11,13-14H2. The number of nitrogens with zero attached hydrogens (tertiary/aromatic N) is 2. The van der Waals surface area contributed by atoms with Crippen LogP contribution in [-0.2, 0) is 21.4 Å². The van der Waals surface area contributed by atoms with Crippen LogP contribution in [0.5, 0.6) is 11.5 Å². The van der Waals surface area contributed by atoms with Gasteiger partial charge in [-0.2, -0.15) is 4.31 Å². The van der Waals surface area contributed by atoms with Crippen molar-refractivity contribution in [2.24, 2.45) is 0 Å². The Morgan fingerprint density at radius 1 is 1.10 bits per heavy atom. The van der Waals surface area contributed by atoms with Crippen LogP contribution in [0.15, 0.2) is 47.4 Å². The lowest BCUT2D eigenvalue weighted by Crippen LogP contribution is -2.32. The van der Waals surface area contributed by atoms with Crippen LogP contribution in [0.2, 0.25) is 0 Å². The van der Waals surface area contributed by atoms with Gasteiger partial charge in [-0.05, 0) is 25.0 Å². The maximum atomic E-state index is 13.3. The van der Waals surface area contributed by atoms with Crippen molar-refractivity contribution in [3.63, 3.8) is 0 Å². The summed E-state index contributed by atoms with van der Waals surface area (Å²) >= 11 is 0. The summed E-state index contributed by atoms with van der Waals surface area (Å²) in [7, 11) is -4.17. The molecule has 0 radical (unpaired) electrons. The van der Waals surface area contributed by atoms with E-state index in [9.17, 15) is 23.3 Å². The quantitative estimate of drug-likeness (QED) is 0.251. The number of hydrogen-bond donors (Lipinski definition) is 0. The van der Waals surface area contributed by atoms with E-state index in [2.05, 4.69) is 0 Å². The summed E-state index contributed by atoms with van der Waals surface area (Å²) in [5.41, 5.74) is 0.112. The zero-order chi connectivity index (χ0) is 20.9. The summed E-state index contributed by atoms with van der Waals surface area (Å²) in [5.74, 6) is 0.981. The fraction of sp³-hybridized carbons (Fsp3) is 0.316. The molecule has 10 heteroatoms. The zero-order valence-corrected chi connectivity index (χ0v) is 16.3. The lowest BCUT2D eigenvalue weighted by Gasteiger charge is -2.22. The number of hydrogen-bond acceptors (Lipinski definition) is 7. The van der Waals surface area contributed by atoms with E-state index >= 15 is 0 Å². The fourth-order valence-corrected chi connectivity index (χ4v) is 4.68. The Morgan fingerprint density at radius 3 is 2.66 bits per heavy atom. The van der Waals surface area contributed by atoms with Gasteiger partial charge in [0.1, 0.15) is 6.29 Å². The van der Waals surface area contributed by atoms with Gasteiger partial charge in [0.05, 0.1) is 4.92 Å². The molecule has 0 spiro atoms. The molecule has 0 N–H and O–H groups in total. The molecule has 9 nitrogen and oxygen atoms in total. The Bertz CT molecular complexity index is 1010. The molecule has 1 heterocycles. The Morgan fingerprint density at radius 2 is 1.90 bits per heavy atom. The first-order valence-corrected chi connectivity index (χ1v) is 10.4. The molecule has 0 aliphatic carbocycles. The third-order valence-corrected chi connectivity index (χ3v) is 6.38. The number of nitro groups is 1. The van der Waals surface area contributed by atoms with E-state index in [1.165, 1.54) is 22.5 Å². The summed E-state index contributed by atoms with van der Waals surface area (Å²) in [6.45, 7) is 0.108. The predicted molar refractivity (Wildman–Crippen MR) is 103 cm³/mol. The molecule has 3 rings (SSSR count). The molecule has 0 aromatic heterocycles. The van der Waals surface area contributed by atoms with Crippen molar-refractivity contribution in [1.29, 1.82) is 0 Å². The second-order valence-corrected chi connectivity index (χ2v) is 8.28. The molecule has 1 aliphatic rings. The number of unbranched alkanes of at least 4 members (excludes halogenated alkanes) is 2. The summed E-state index contributed by atoms with van der Waals surface area (Å²) in [6, 6.07) is 10.4. The molecule has 0 amide bonds. The van der Waals surface area contributed by atoms with Gasteiger partial charge in [-0.3, -0.25) is 10.1 Å². The highest BCUT2D eigenvalue weighted by atomic mass is 32.2. The zero-order valence-electron chi connectivity index (χ0n) is 15.5. The topological polar surface area (TPSA) is 116 Å². The first-order chi connectivity index (χ1) is 13.9. The molecule has 0 unspecified atom stereocenters. The van der Waals surface area contributed by atoms with Gasteiger partial charge in [0.15, 0.2) is 16.4 Å². The largest absolute Gasteiger partial charge is 0.454 e. The van der Waals surface area contributed by atoms with Crippen LogP contribution in [0.25, 0.3) is 0 Å². The van der Waals surface area contributed by atoms with E-state index in [-0.39, 0.29) is 24.8 Å². The van der Waals surface area contributed by atoms with Crippen molar-refractivity contribution in [1.82, 2.24) is 4.31 Å². The first-order valence-electron chi connectivity index (χ1n) is 9.00. The lowest BCUT2D eigenvalue weighted by molar-refractivity contribution is -0.387. The van der Waals surface area contributed by atoms with Crippen molar-refractivity contribution in [2.75, 3.05) is 13.3 Å². The SMILES string of the molecule is O=CCCCCN(Cc1cccc2c1OCO2)S(=O)(=O)c1ccccc1[N+](=O)[O-]. The number of fused-ring (bicyclic) bond motifs is 1. The predicted octanol–water partition coefficient (Wildman–Crippen LogP) is 2.88. The lowest BCUT2D eigenvalue weighted by atomic mass is 10.2. The highest BCUT2D eigenvalue weighted by Gasteiger charge is 2.32. The highest BCUT2D eigenvalue weighted by Crippen LogP contribution is 2.37. The number of carbonyl (C=O) groups excluding carboxylic acids is 1. The van der Waals surface area contributed by atoms with E-state index in [1.54, 1.807) is 18.2 Å². The van der Waals surface area contributed by atoms with Crippen LogP contribution in [0.3, 0.4) is 0 Å². The number of carbonyl (C=O) groups is 1. The minimum atomic E-state index is -4.17. The summed E-state index contributed by atoms with van der Waals surface area (Å²) in [6.07, 6.45) is 2.04. The van der Waals surface area contributed by atoms with Crippen LogP contribution < -0.4 is 9.47 Å². The molecule has 0 atom stereocenters. The second-order valence-electron chi connectivity index (χ2n) is 6.38. The van der Waals surface area contributed by atoms with E-state index in [1.807, 2.05) is 0 Å². The number of nitro benzene ring substituents is 1. The van der Waals surface area contributed by atoms with Crippen molar-refractivity contribution < 1.29 is 27.6 Å². The van der Waals surface area contributed by atoms with E-state index in [0.29, 0.717) is 36.3 Å². The van der Waals surface area contributed by atoms with Crippen molar-refractivity contribution >= 4 is 22.0 Å². The molecule has 29 heavy (non-hydrogen) atoms. The minimum absolute atomic E-state index is 0.0397. The molecule has 0 saturated heterocycles. The molecule has 0 bridgehead atoms. The summed E-state index contributed by atoms with van der Waals surface area (Å²) in [5, 5.41) is 11.3. The normalized spacial score (nSPS) is 12.9. The maximum absolute atomic E-state index is 13.3. The Labute approximate surface area is 168 Å². The van der Waals surface area contributed by atoms with Gasteiger partial charge in [-0.15, -0.1) is 0 Å². The van der Waals surface area contributed by atoms with E-state index in [4.69, 9.17) is 9.47 Å². The maximum Gasteiger partial charge on any atom is 0.289 e. The average molecular weight is 420 g/mol. The molecule has 0 fully saturated rings. The van der Waals surface area contributed by atoms with Crippen LogP contribution in [0.4, 0.5) is 5.69 Å². The Kier molecular flexibility index (Phi) is 6.45. The van der Waals surface area contributed by atoms with Crippen molar-refractivity contribution in [2.45, 2.75) is 30.7 Å². The van der Waals surface area contributed by atoms with Crippen LogP contribution >= 0.6 is 0 Å². The van der Waals surface area contributed by atoms with Gasteiger partial charge in [0, 0.05) is 31.1 Å². The summed E-state index contributed by atoms with van der Waals surface area (Å²) < 4.78 is 38.6. The van der Waals surface area contributed by atoms with Crippen LogP contribution in [0.1, 0.15) is 24.8 Å². The highest BCUT2D eigenvalue weighted by molar-refractivity contribution is 7.89. The molecule has 2 aromatic carbocycles. The molecule has 1 aliphatic heterocycles. The molecule has 2 aromatic rings. The molecule has 154 valence electrons. The first kappa shape index (κ1) is 20.7. The molecule has 0 saturated carbocycles. The average Bonchev–Trinajstić information content (AvgIpc) is 3.20. The van der Waals surface area contributed by atoms with Gasteiger partial charge < -0.3 is 14.3 Å². The second kappa shape index (κ2) is 9.01. The van der Waals surface area contributed by atoms with E-state index < -0.39 is 20.6 Å². The smallest absolute Gasteiger partial charge is 0.289 e. The minimum Gasteiger partial charge on any atom is -0.454 e. The van der Waals surface area contributed by atoms with Crippen LogP contribution in [-0.4, -0.2) is 37.3 Å². The molecular weight excluding hydrogens is 400 g/mol. The number of aldehydes is 1. The third kappa shape index (κ3) is 4.54. The number of sulfonamides is 1. The Hall–Kier alpha value is -2.98. The fourth-order valence-electron chi connectivity index (χ4n) is 3.07. The number of ether oxygens (including phenoxy) is 2. The molecular formula is C19H20N2O7S. The van der Waals surface area contributed by atoms with Gasteiger partial charge in [0.2, 0.25) is 16.8 Å². The van der Waals surface area contributed by atoms with Crippen molar-refractivity contribution in [3.8, 4) is 11.5 Å². The summed E-state index contributed by atoms with van der Waals surface area (Å²) in [4.78, 5) is 20.8. The van der Waals surface area contributed by atoms with Gasteiger partial charge in [0.25, 0.3) is 5.69 Å². The van der Waals surface area contributed by atoms with Crippen molar-refractivity contribution in [3.05, 3.63) is 58.1 Å². The third-order valence-electron chi connectivity index (χ3n) is 4.48. The number of rotatable bonds is 10. The Balaban J connectivity index is 1.96. The van der Waals surface area contributed by atoms with Gasteiger partial charge in [-0.25, -0.2) is 8.42 Å². The number of para-hydroxylation sites is 2. The number of benzene rings is 2. The monoisotopic (exact) mass is 420 g/mol. The van der Waals surface area contributed by atoms with Gasteiger partial charge >= 0.3 is 0 Å².